The Kier molecular flexibility index (Phi) is 10.7. The highest BCUT2D eigenvalue weighted by molar-refractivity contribution is 5.95. The first kappa shape index (κ1) is 32.2. The zero-order valence-corrected chi connectivity index (χ0v) is 24.9. The molecule has 232 valence electrons. The van der Waals surface area contributed by atoms with E-state index in [2.05, 4.69) is 4.90 Å². The number of nitrogens with zero attached hydrogens (tertiary/aromatic N) is 1. The standard InChI is InChI=1S/C34H38N2O8/c1-23(2)22-34(35,26-18-10-11-19-27(26)36-20-12-5-13-21-36)44-33(41)29(43-32(40)25-16-8-4-9-17-25)28(30(37)38)42-31(39)24-14-6-3-7-15-24/h3-4,6-11,14-19,23,28-29H,5,12-13,20-22,35H2,1-2H3,(H,37,38). The van der Waals surface area contributed by atoms with Gasteiger partial charge in [0.25, 0.3) is 0 Å². The van der Waals surface area contributed by atoms with E-state index < -0.39 is 41.8 Å². The molecule has 3 aromatic rings. The predicted octanol–water partition coefficient (Wildman–Crippen LogP) is 4.91. The molecule has 0 saturated carbocycles. The zero-order valence-electron chi connectivity index (χ0n) is 24.9. The summed E-state index contributed by atoms with van der Waals surface area (Å²) in [5.74, 6) is -5.06. The van der Waals surface area contributed by atoms with Crippen LogP contribution in [0.15, 0.2) is 84.9 Å². The summed E-state index contributed by atoms with van der Waals surface area (Å²) in [4.78, 5) is 54.7. The fourth-order valence-corrected chi connectivity index (χ4v) is 5.28. The van der Waals surface area contributed by atoms with Gasteiger partial charge in [0.05, 0.1) is 11.1 Å². The quantitative estimate of drug-likeness (QED) is 0.167. The van der Waals surface area contributed by atoms with Crippen molar-refractivity contribution < 1.29 is 38.5 Å². The highest BCUT2D eigenvalue weighted by atomic mass is 16.6. The molecule has 0 spiro atoms. The summed E-state index contributed by atoms with van der Waals surface area (Å²) in [6.07, 6.45) is -1.13. The second-order valence-electron chi connectivity index (χ2n) is 11.2. The summed E-state index contributed by atoms with van der Waals surface area (Å²) in [6, 6.07) is 22.7. The van der Waals surface area contributed by atoms with Crippen molar-refractivity contribution in [2.75, 3.05) is 18.0 Å². The first-order chi connectivity index (χ1) is 21.1. The van der Waals surface area contributed by atoms with E-state index >= 15 is 0 Å². The minimum atomic E-state index is -2.23. The lowest BCUT2D eigenvalue weighted by Crippen LogP contribution is -2.51. The molecule has 3 N–H and O–H groups in total. The molecule has 1 fully saturated rings. The summed E-state index contributed by atoms with van der Waals surface area (Å²) < 4.78 is 16.7. The Bertz CT molecular complexity index is 1440. The minimum absolute atomic E-state index is 0.0451. The molecule has 0 bridgehead atoms. The van der Waals surface area contributed by atoms with Crippen LogP contribution in [-0.2, 0) is 29.5 Å². The molecule has 0 amide bonds. The van der Waals surface area contributed by atoms with E-state index in [-0.39, 0.29) is 23.5 Å². The van der Waals surface area contributed by atoms with Crippen LogP contribution in [0.4, 0.5) is 5.69 Å². The van der Waals surface area contributed by atoms with E-state index in [1.165, 1.54) is 24.3 Å². The number of piperidine rings is 1. The van der Waals surface area contributed by atoms with Crippen molar-refractivity contribution in [2.24, 2.45) is 11.7 Å². The number of benzene rings is 3. The number of ether oxygens (including phenoxy) is 3. The molecule has 1 aliphatic rings. The van der Waals surface area contributed by atoms with Crippen molar-refractivity contribution in [1.29, 1.82) is 0 Å². The number of nitrogens with two attached hydrogens (primary N) is 1. The van der Waals surface area contributed by atoms with E-state index in [4.69, 9.17) is 19.9 Å². The number of para-hydroxylation sites is 1. The van der Waals surface area contributed by atoms with Crippen molar-refractivity contribution in [3.8, 4) is 0 Å². The van der Waals surface area contributed by atoms with Crippen LogP contribution in [-0.4, -0.2) is 54.3 Å². The van der Waals surface area contributed by atoms with Crippen LogP contribution in [0.1, 0.15) is 65.8 Å². The SMILES string of the molecule is CC(C)CC(N)(OC(=O)C(OC(=O)c1ccccc1)C(OC(=O)c1ccccc1)C(=O)O)c1ccccc1N1CCCCC1. The molecular weight excluding hydrogens is 564 g/mol. The van der Waals surface area contributed by atoms with E-state index in [9.17, 15) is 24.3 Å². The second-order valence-corrected chi connectivity index (χ2v) is 11.2. The van der Waals surface area contributed by atoms with Crippen LogP contribution in [0.25, 0.3) is 0 Å². The topological polar surface area (TPSA) is 145 Å². The molecule has 3 aromatic carbocycles. The van der Waals surface area contributed by atoms with Crippen molar-refractivity contribution in [3.63, 3.8) is 0 Å². The maximum Gasteiger partial charge on any atom is 0.354 e. The average Bonchev–Trinajstić information content (AvgIpc) is 3.03. The number of rotatable bonds is 12. The number of esters is 3. The van der Waals surface area contributed by atoms with Crippen LogP contribution in [0, 0.1) is 5.92 Å². The monoisotopic (exact) mass is 602 g/mol. The lowest BCUT2D eigenvalue weighted by atomic mass is 9.91. The fourth-order valence-electron chi connectivity index (χ4n) is 5.28. The number of anilines is 1. The van der Waals surface area contributed by atoms with Gasteiger partial charge in [-0.2, -0.15) is 0 Å². The van der Waals surface area contributed by atoms with Gasteiger partial charge in [0, 0.05) is 30.8 Å². The third-order valence-electron chi connectivity index (χ3n) is 7.29. The number of carbonyl (C=O) groups is 4. The van der Waals surface area contributed by atoms with Gasteiger partial charge < -0.3 is 24.2 Å². The van der Waals surface area contributed by atoms with Gasteiger partial charge in [-0.05, 0) is 55.5 Å². The van der Waals surface area contributed by atoms with Crippen LogP contribution in [0.5, 0.6) is 0 Å². The van der Waals surface area contributed by atoms with Crippen molar-refractivity contribution in [3.05, 3.63) is 102 Å². The molecule has 0 radical (unpaired) electrons. The number of carboxylic acid groups (broad SMARTS) is 1. The molecule has 0 aromatic heterocycles. The predicted molar refractivity (Wildman–Crippen MR) is 163 cm³/mol. The van der Waals surface area contributed by atoms with Crippen molar-refractivity contribution >= 4 is 29.6 Å². The van der Waals surface area contributed by atoms with Gasteiger partial charge in [-0.3, -0.25) is 5.73 Å². The van der Waals surface area contributed by atoms with Gasteiger partial charge in [-0.25, -0.2) is 19.2 Å². The average molecular weight is 603 g/mol. The Morgan fingerprint density at radius 1 is 0.773 bits per heavy atom. The molecule has 10 nitrogen and oxygen atoms in total. The van der Waals surface area contributed by atoms with Crippen molar-refractivity contribution in [1.82, 2.24) is 0 Å². The Hall–Kier alpha value is -4.70. The number of carboxylic acids is 1. The number of aliphatic carboxylic acids is 1. The molecule has 44 heavy (non-hydrogen) atoms. The number of hydrogen-bond acceptors (Lipinski definition) is 9. The highest BCUT2D eigenvalue weighted by Crippen LogP contribution is 2.36. The normalized spacial score (nSPS) is 15.9. The Labute approximate surface area is 256 Å². The molecule has 1 saturated heterocycles. The molecule has 3 unspecified atom stereocenters. The minimum Gasteiger partial charge on any atom is -0.478 e. The fraction of sp³-hybridized carbons (Fsp3) is 0.353. The Balaban J connectivity index is 1.72. The van der Waals surface area contributed by atoms with Gasteiger partial charge in [0.15, 0.2) is 5.72 Å². The van der Waals surface area contributed by atoms with Crippen LogP contribution < -0.4 is 10.6 Å². The molecule has 1 aliphatic heterocycles. The van der Waals surface area contributed by atoms with E-state index in [0.717, 1.165) is 38.0 Å². The third kappa shape index (κ3) is 8.02. The van der Waals surface area contributed by atoms with Crippen LogP contribution >= 0.6 is 0 Å². The molecule has 0 aliphatic carbocycles. The first-order valence-electron chi connectivity index (χ1n) is 14.7. The first-order valence-corrected chi connectivity index (χ1v) is 14.7. The smallest absolute Gasteiger partial charge is 0.354 e. The summed E-state index contributed by atoms with van der Waals surface area (Å²) in [5.41, 5.74) is 6.61. The molecule has 3 atom stereocenters. The number of carbonyl (C=O) groups excluding carboxylic acids is 3. The maximum absolute atomic E-state index is 14.0. The lowest BCUT2D eigenvalue weighted by Gasteiger charge is -2.38. The van der Waals surface area contributed by atoms with Crippen LogP contribution in [0.3, 0.4) is 0 Å². The van der Waals surface area contributed by atoms with Crippen LogP contribution in [0.2, 0.25) is 0 Å². The van der Waals surface area contributed by atoms with Gasteiger partial charge in [0.2, 0.25) is 12.2 Å². The molecular formula is C34H38N2O8. The molecule has 10 heteroatoms. The van der Waals surface area contributed by atoms with E-state index in [0.29, 0.717) is 5.56 Å². The van der Waals surface area contributed by atoms with Gasteiger partial charge in [0.1, 0.15) is 0 Å². The van der Waals surface area contributed by atoms with Gasteiger partial charge in [-0.1, -0.05) is 68.4 Å². The summed E-state index contributed by atoms with van der Waals surface area (Å²) in [7, 11) is 0. The highest BCUT2D eigenvalue weighted by Gasteiger charge is 2.46. The van der Waals surface area contributed by atoms with E-state index in [1.54, 1.807) is 48.5 Å². The molecule has 4 rings (SSSR count). The van der Waals surface area contributed by atoms with Gasteiger partial charge >= 0.3 is 23.9 Å². The second kappa shape index (κ2) is 14.7. The van der Waals surface area contributed by atoms with Crippen molar-refractivity contribution in [2.45, 2.75) is 57.5 Å². The lowest BCUT2D eigenvalue weighted by molar-refractivity contribution is -0.184. The zero-order chi connectivity index (χ0) is 31.7. The Morgan fingerprint density at radius 3 is 1.80 bits per heavy atom. The van der Waals surface area contributed by atoms with Gasteiger partial charge in [-0.15, -0.1) is 0 Å². The summed E-state index contributed by atoms with van der Waals surface area (Å²) in [5, 5.41) is 10.1. The summed E-state index contributed by atoms with van der Waals surface area (Å²) >= 11 is 0. The molecule has 1 heterocycles. The Morgan fingerprint density at radius 2 is 1.27 bits per heavy atom. The summed E-state index contributed by atoms with van der Waals surface area (Å²) in [6.45, 7) is 5.42. The largest absolute Gasteiger partial charge is 0.478 e. The number of hydrogen-bond donors (Lipinski definition) is 2. The van der Waals surface area contributed by atoms with E-state index in [1.807, 2.05) is 26.0 Å². The third-order valence-corrected chi connectivity index (χ3v) is 7.29. The maximum atomic E-state index is 14.0.